The van der Waals surface area contributed by atoms with Crippen LogP contribution in [0.5, 0.6) is 0 Å². The lowest BCUT2D eigenvalue weighted by Crippen LogP contribution is -2.29. The lowest BCUT2D eigenvalue weighted by Gasteiger charge is -2.19. The number of nitrogens with zero attached hydrogens (tertiary/aromatic N) is 1. The van der Waals surface area contributed by atoms with Crippen LogP contribution in [0.3, 0.4) is 0 Å². The highest BCUT2D eigenvalue weighted by Crippen LogP contribution is 2.28. The number of benzene rings is 1. The molecule has 1 aromatic heterocycles. The first-order chi connectivity index (χ1) is 9.64. The Morgan fingerprint density at radius 2 is 2.15 bits per heavy atom. The van der Waals surface area contributed by atoms with Gasteiger partial charge >= 0.3 is 0 Å². The van der Waals surface area contributed by atoms with E-state index in [0.717, 1.165) is 31.4 Å². The topological polar surface area (TPSA) is 34.2 Å². The molecular formula is C17H22N2O. The van der Waals surface area contributed by atoms with E-state index in [1.165, 1.54) is 10.9 Å². The number of fused-ring (bicyclic) bond motifs is 1. The molecule has 0 amide bonds. The number of hydrogen-bond acceptors (Lipinski definition) is 3. The van der Waals surface area contributed by atoms with Gasteiger partial charge in [0.2, 0.25) is 0 Å². The Morgan fingerprint density at radius 1 is 1.30 bits per heavy atom. The van der Waals surface area contributed by atoms with Crippen LogP contribution in [0.4, 0.5) is 0 Å². The third kappa shape index (κ3) is 3.00. The average molecular weight is 270 g/mol. The molecule has 2 heterocycles. The summed E-state index contributed by atoms with van der Waals surface area (Å²) in [6, 6.07) is 10.4. The molecule has 1 fully saturated rings. The number of pyridine rings is 1. The standard InChI is InChI=1S/C17H22N2O/c1-17(2)9-8-15(20-17)12-18-11-14-6-3-5-13-7-4-10-19-16(13)14/h3-7,10,15,18H,8-9,11-12H2,1-2H3. The number of aromatic nitrogens is 1. The van der Waals surface area contributed by atoms with Crippen LogP contribution in [-0.4, -0.2) is 23.2 Å². The fourth-order valence-corrected chi connectivity index (χ4v) is 2.90. The van der Waals surface area contributed by atoms with E-state index in [0.29, 0.717) is 6.10 Å². The van der Waals surface area contributed by atoms with Crippen molar-refractivity contribution >= 4 is 10.9 Å². The average Bonchev–Trinajstić information content (AvgIpc) is 2.79. The Hall–Kier alpha value is -1.45. The molecule has 1 atom stereocenters. The van der Waals surface area contributed by atoms with Gasteiger partial charge in [-0.1, -0.05) is 24.3 Å². The highest BCUT2D eigenvalue weighted by atomic mass is 16.5. The Labute approximate surface area is 120 Å². The molecule has 0 aliphatic carbocycles. The molecule has 3 heteroatoms. The predicted octanol–water partition coefficient (Wildman–Crippen LogP) is 3.28. The van der Waals surface area contributed by atoms with Crippen molar-refractivity contribution in [3.63, 3.8) is 0 Å². The summed E-state index contributed by atoms with van der Waals surface area (Å²) in [6.45, 7) is 6.09. The highest BCUT2D eigenvalue weighted by molar-refractivity contribution is 5.81. The van der Waals surface area contributed by atoms with Crippen LogP contribution in [0.25, 0.3) is 10.9 Å². The van der Waals surface area contributed by atoms with E-state index >= 15 is 0 Å². The summed E-state index contributed by atoms with van der Waals surface area (Å²) in [4.78, 5) is 4.48. The van der Waals surface area contributed by atoms with Crippen molar-refractivity contribution in [1.82, 2.24) is 10.3 Å². The van der Waals surface area contributed by atoms with Crippen molar-refractivity contribution in [3.8, 4) is 0 Å². The summed E-state index contributed by atoms with van der Waals surface area (Å²) in [6.07, 6.45) is 4.49. The van der Waals surface area contributed by atoms with Crippen LogP contribution in [0.2, 0.25) is 0 Å². The molecule has 1 saturated heterocycles. The SMILES string of the molecule is CC1(C)CCC(CNCc2cccc3cccnc23)O1. The zero-order valence-electron chi connectivity index (χ0n) is 12.2. The van der Waals surface area contributed by atoms with Crippen molar-refractivity contribution < 1.29 is 4.74 Å². The monoisotopic (exact) mass is 270 g/mol. The molecule has 0 bridgehead atoms. The van der Waals surface area contributed by atoms with Crippen molar-refractivity contribution in [2.24, 2.45) is 0 Å². The normalized spacial score (nSPS) is 21.4. The molecule has 3 rings (SSSR count). The second kappa shape index (κ2) is 5.51. The van der Waals surface area contributed by atoms with Gasteiger partial charge in [-0.3, -0.25) is 4.98 Å². The van der Waals surface area contributed by atoms with E-state index in [2.05, 4.69) is 48.4 Å². The minimum atomic E-state index is 0.0490. The van der Waals surface area contributed by atoms with E-state index in [4.69, 9.17) is 4.74 Å². The van der Waals surface area contributed by atoms with Crippen molar-refractivity contribution in [1.29, 1.82) is 0 Å². The molecule has 1 aliphatic heterocycles. The van der Waals surface area contributed by atoms with E-state index in [1.54, 1.807) is 0 Å². The van der Waals surface area contributed by atoms with Crippen LogP contribution in [0, 0.1) is 0 Å². The van der Waals surface area contributed by atoms with Gasteiger partial charge in [-0.2, -0.15) is 0 Å². The molecule has 1 N–H and O–H groups in total. The first-order valence-corrected chi connectivity index (χ1v) is 7.35. The molecule has 0 radical (unpaired) electrons. The van der Waals surface area contributed by atoms with Gasteiger partial charge in [-0.05, 0) is 38.3 Å². The summed E-state index contributed by atoms with van der Waals surface area (Å²) in [7, 11) is 0. The lowest BCUT2D eigenvalue weighted by molar-refractivity contribution is -0.0142. The van der Waals surface area contributed by atoms with Crippen LogP contribution < -0.4 is 5.32 Å². The van der Waals surface area contributed by atoms with E-state index in [1.807, 2.05) is 12.3 Å². The van der Waals surface area contributed by atoms with Crippen LogP contribution >= 0.6 is 0 Å². The van der Waals surface area contributed by atoms with Crippen LogP contribution in [-0.2, 0) is 11.3 Å². The smallest absolute Gasteiger partial charge is 0.0746 e. The minimum absolute atomic E-state index is 0.0490. The fourth-order valence-electron chi connectivity index (χ4n) is 2.90. The quantitative estimate of drug-likeness (QED) is 0.925. The number of hydrogen-bond donors (Lipinski definition) is 1. The zero-order chi connectivity index (χ0) is 14.0. The summed E-state index contributed by atoms with van der Waals surface area (Å²) >= 11 is 0. The van der Waals surface area contributed by atoms with Gasteiger partial charge in [0.05, 0.1) is 17.2 Å². The van der Waals surface area contributed by atoms with Gasteiger partial charge in [-0.25, -0.2) is 0 Å². The van der Waals surface area contributed by atoms with Crippen LogP contribution in [0.15, 0.2) is 36.5 Å². The number of para-hydroxylation sites is 1. The first kappa shape index (κ1) is 13.5. The van der Waals surface area contributed by atoms with E-state index in [9.17, 15) is 0 Å². The maximum Gasteiger partial charge on any atom is 0.0746 e. The molecule has 3 nitrogen and oxygen atoms in total. The van der Waals surface area contributed by atoms with Crippen molar-refractivity contribution in [2.75, 3.05) is 6.54 Å². The van der Waals surface area contributed by atoms with Crippen molar-refractivity contribution in [2.45, 2.75) is 44.9 Å². The Bertz CT molecular complexity index is 589. The Balaban J connectivity index is 1.61. The molecule has 1 aromatic carbocycles. The van der Waals surface area contributed by atoms with Gasteiger partial charge in [0, 0.05) is 24.7 Å². The molecule has 0 spiro atoms. The fraction of sp³-hybridized carbons (Fsp3) is 0.471. The van der Waals surface area contributed by atoms with Gasteiger partial charge in [0.25, 0.3) is 0 Å². The number of rotatable bonds is 4. The second-order valence-electron chi connectivity index (χ2n) is 6.16. The van der Waals surface area contributed by atoms with Gasteiger partial charge in [0.15, 0.2) is 0 Å². The molecule has 20 heavy (non-hydrogen) atoms. The largest absolute Gasteiger partial charge is 0.371 e. The lowest BCUT2D eigenvalue weighted by atomic mass is 10.1. The third-order valence-corrected chi connectivity index (χ3v) is 3.96. The number of nitrogens with one attached hydrogen (secondary N) is 1. The molecule has 2 aromatic rings. The van der Waals surface area contributed by atoms with E-state index in [-0.39, 0.29) is 5.60 Å². The summed E-state index contributed by atoms with van der Waals surface area (Å²) in [5.41, 5.74) is 2.39. The maximum atomic E-state index is 6.00. The molecule has 1 aliphatic rings. The van der Waals surface area contributed by atoms with Gasteiger partial charge in [-0.15, -0.1) is 0 Å². The number of ether oxygens (including phenoxy) is 1. The van der Waals surface area contributed by atoms with Gasteiger partial charge < -0.3 is 10.1 Å². The Morgan fingerprint density at radius 3 is 2.95 bits per heavy atom. The second-order valence-corrected chi connectivity index (χ2v) is 6.16. The first-order valence-electron chi connectivity index (χ1n) is 7.35. The minimum Gasteiger partial charge on any atom is -0.371 e. The molecule has 0 saturated carbocycles. The van der Waals surface area contributed by atoms with E-state index < -0.39 is 0 Å². The summed E-state index contributed by atoms with van der Waals surface area (Å²) < 4.78 is 6.00. The molecular weight excluding hydrogens is 248 g/mol. The summed E-state index contributed by atoms with van der Waals surface area (Å²) in [5, 5.41) is 4.71. The molecule has 1 unspecified atom stereocenters. The maximum absolute atomic E-state index is 6.00. The Kier molecular flexibility index (Phi) is 3.72. The highest BCUT2D eigenvalue weighted by Gasteiger charge is 2.31. The zero-order valence-corrected chi connectivity index (χ0v) is 12.2. The summed E-state index contributed by atoms with van der Waals surface area (Å²) in [5.74, 6) is 0. The predicted molar refractivity (Wildman–Crippen MR) is 81.6 cm³/mol. The molecule has 106 valence electrons. The van der Waals surface area contributed by atoms with Gasteiger partial charge in [0.1, 0.15) is 0 Å². The van der Waals surface area contributed by atoms with Crippen LogP contribution in [0.1, 0.15) is 32.3 Å². The van der Waals surface area contributed by atoms with Crippen molar-refractivity contribution in [3.05, 3.63) is 42.1 Å². The third-order valence-electron chi connectivity index (χ3n) is 3.96.